The molecule has 0 N–H and O–H groups in total. The van der Waals surface area contributed by atoms with Gasteiger partial charge in [0.1, 0.15) is 0 Å². The van der Waals surface area contributed by atoms with Gasteiger partial charge in [0.15, 0.2) is 0 Å². The van der Waals surface area contributed by atoms with Gasteiger partial charge in [0.25, 0.3) is 0 Å². The molecule has 1 aliphatic heterocycles. The first-order valence-electron chi connectivity index (χ1n) is 11.1. The monoisotopic (exact) mass is 497 g/mol. The number of sulfonamides is 1. The van der Waals surface area contributed by atoms with Crippen molar-refractivity contribution in [1.29, 1.82) is 0 Å². The molecule has 3 rings (SSSR count). The van der Waals surface area contributed by atoms with E-state index in [9.17, 15) is 26.4 Å². The fourth-order valence-corrected chi connectivity index (χ4v) is 5.11. The van der Waals surface area contributed by atoms with E-state index >= 15 is 0 Å². The quantitative estimate of drug-likeness (QED) is 0.575. The average Bonchev–Trinajstić information content (AvgIpc) is 2.78. The van der Waals surface area contributed by atoms with Gasteiger partial charge in [0.2, 0.25) is 15.9 Å². The van der Waals surface area contributed by atoms with Crippen molar-refractivity contribution in [3.8, 4) is 0 Å². The standard InChI is InChI=1S/C24H30F3N3O3S/c1-18-7-4-10-22(19(18)2)30(34(3,32)33)12-6-11-23(31)29-15-13-28(14-16-29)21-9-5-8-20(17-21)24(25,26)27/h4-5,7-10,17H,6,11-16H2,1-3H3. The first-order valence-corrected chi connectivity index (χ1v) is 13.0. The summed E-state index contributed by atoms with van der Waals surface area (Å²) in [6.45, 7) is 5.67. The number of hydrogen-bond acceptors (Lipinski definition) is 4. The number of anilines is 2. The summed E-state index contributed by atoms with van der Waals surface area (Å²) in [5, 5.41) is 0. The minimum Gasteiger partial charge on any atom is -0.368 e. The first kappa shape index (κ1) is 25.9. The Labute approximate surface area is 199 Å². The molecular formula is C24H30F3N3O3S. The number of nitrogens with zero attached hydrogens (tertiary/aromatic N) is 3. The zero-order valence-corrected chi connectivity index (χ0v) is 20.4. The van der Waals surface area contributed by atoms with E-state index in [0.717, 1.165) is 29.5 Å². The minimum atomic E-state index is -4.40. The minimum absolute atomic E-state index is 0.0851. The van der Waals surface area contributed by atoms with Gasteiger partial charge in [-0.2, -0.15) is 13.2 Å². The van der Waals surface area contributed by atoms with Crippen LogP contribution in [0.5, 0.6) is 0 Å². The van der Waals surface area contributed by atoms with Crippen LogP contribution < -0.4 is 9.21 Å². The number of amides is 1. The Balaban J connectivity index is 1.56. The summed E-state index contributed by atoms with van der Waals surface area (Å²) >= 11 is 0. The van der Waals surface area contributed by atoms with Crippen molar-refractivity contribution in [2.24, 2.45) is 0 Å². The van der Waals surface area contributed by atoms with Crippen LogP contribution in [0.15, 0.2) is 42.5 Å². The lowest BCUT2D eigenvalue weighted by atomic mass is 10.1. The summed E-state index contributed by atoms with van der Waals surface area (Å²) in [7, 11) is -3.51. The van der Waals surface area contributed by atoms with Crippen molar-refractivity contribution in [2.45, 2.75) is 32.9 Å². The maximum atomic E-state index is 13.0. The van der Waals surface area contributed by atoms with Crippen molar-refractivity contribution < 1.29 is 26.4 Å². The highest BCUT2D eigenvalue weighted by Gasteiger charge is 2.31. The lowest BCUT2D eigenvalue weighted by molar-refractivity contribution is -0.137. The van der Waals surface area contributed by atoms with E-state index in [-0.39, 0.29) is 18.9 Å². The van der Waals surface area contributed by atoms with Crippen molar-refractivity contribution in [3.05, 3.63) is 59.2 Å². The Bertz CT molecular complexity index is 1130. The highest BCUT2D eigenvalue weighted by atomic mass is 32.2. The molecule has 2 aromatic rings. The Hall–Kier alpha value is -2.75. The number of aryl methyl sites for hydroxylation is 1. The molecule has 10 heteroatoms. The molecule has 1 fully saturated rings. The van der Waals surface area contributed by atoms with Gasteiger partial charge in [-0.3, -0.25) is 9.10 Å². The number of piperazine rings is 1. The molecule has 0 aliphatic carbocycles. The van der Waals surface area contributed by atoms with E-state index in [4.69, 9.17) is 0 Å². The summed E-state index contributed by atoms with van der Waals surface area (Å²) < 4.78 is 65.1. The Morgan fingerprint density at radius 3 is 2.29 bits per heavy atom. The van der Waals surface area contributed by atoms with Gasteiger partial charge in [-0.15, -0.1) is 0 Å². The van der Waals surface area contributed by atoms with Crippen LogP contribution in [0.25, 0.3) is 0 Å². The van der Waals surface area contributed by atoms with Gasteiger partial charge in [0, 0.05) is 44.8 Å². The summed E-state index contributed by atoms with van der Waals surface area (Å²) in [6.07, 6.45) is -2.68. The Morgan fingerprint density at radius 2 is 1.68 bits per heavy atom. The van der Waals surface area contributed by atoms with Crippen molar-refractivity contribution >= 4 is 27.3 Å². The second-order valence-electron chi connectivity index (χ2n) is 8.57. The molecular weight excluding hydrogens is 467 g/mol. The first-order chi connectivity index (χ1) is 15.9. The molecule has 0 unspecified atom stereocenters. The van der Waals surface area contributed by atoms with Gasteiger partial charge in [-0.05, 0) is 55.7 Å². The summed E-state index contributed by atoms with van der Waals surface area (Å²) in [4.78, 5) is 16.2. The molecule has 0 saturated carbocycles. The van der Waals surface area contributed by atoms with Crippen LogP contribution in [0.3, 0.4) is 0 Å². The van der Waals surface area contributed by atoms with Crippen LogP contribution >= 0.6 is 0 Å². The normalized spacial score (nSPS) is 14.9. The topological polar surface area (TPSA) is 60.9 Å². The molecule has 0 bridgehead atoms. The fraction of sp³-hybridized carbons (Fsp3) is 0.458. The molecule has 34 heavy (non-hydrogen) atoms. The van der Waals surface area contributed by atoms with E-state index in [0.29, 0.717) is 44.0 Å². The maximum absolute atomic E-state index is 13.0. The predicted octanol–water partition coefficient (Wildman–Crippen LogP) is 4.22. The second kappa shape index (κ2) is 10.2. The van der Waals surface area contributed by atoms with Gasteiger partial charge in [-0.25, -0.2) is 8.42 Å². The van der Waals surface area contributed by atoms with Crippen LogP contribution in [0.1, 0.15) is 29.5 Å². The van der Waals surface area contributed by atoms with Crippen LogP contribution in [-0.4, -0.2) is 58.2 Å². The third-order valence-electron chi connectivity index (χ3n) is 6.17. The number of alkyl halides is 3. The molecule has 1 amide bonds. The molecule has 0 radical (unpaired) electrons. The third kappa shape index (κ3) is 6.22. The number of benzene rings is 2. The third-order valence-corrected chi connectivity index (χ3v) is 7.35. The number of halogens is 3. The van der Waals surface area contributed by atoms with Crippen LogP contribution in [0.2, 0.25) is 0 Å². The van der Waals surface area contributed by atoms with Crippen molar-refractivity contribution in [2.75, 3.05) is 48.2 Å². The molecule has 1 saturated heterocycles. The number of carbonyl (C=O) groups excluding carboxylic acids is 1. The lowest BCUT2D eigenvalue weighted by Crippen LogP contribution is -2.49. The maximum Gasteiger partial charge on any atom is 0.416 e. The van der Waals surface area contributed by atoms with E-state index in [1.54, 1.807) is 17.0 Å². The van der Waals surface area contributed by atoms with E-state index in [1.165, 1.54) is 10.4 Å². The molecule has 0 aromatic heterocycles. The number of rotatable bonds is 7. The Morgan fingerprint density at radius 1 is 1.03 bits per heavy atom. The Kier molecular flexibility index (Phi) is 7.80. The van der Waals surface area contributed by atoms with E-state index in [2.05, 4.69) is 0 Å². The molecule has 0 atom stereocenters. The van der Waals surface area contributed by atoms with Crippen LogP contribution in [0.4, 0.5) is 24.5 Å². The number of carbonyl (C=O) groups is 1. The molecule has 0 spiro atoms. The summed E-state index contributed by atoms with van der Waals surface area (Å²) in [5.74, 6) is -0.0851. The van der Waals surface area contributed by atoms with E-state index in [1.807, 2.05) is 30.9 Å². The molecule has 1 aliphatic rings. The zero-order chi connectivity index (χ0) is 25.1. The molecule has 1 heterocycles. The highest BCUT2D eigenvalue weighted by Crippen LogP contribution is 2.32. The SMILES string of the molecule is Cc1cccc(N(CCCC(=O)N2CCN(c3cccc(C(F)(F)F)c3)CC2)S(C)(=O)=O)c1C. The van der Waals surface area contributed by atoms with Crippen molar-refractivity contribution in [3.63, 3.8) is 0 Å². The molecule has 186 valence electrons. The molecule has 2 aromatic carbocycles. The summed E-state index contributed by atoms with van der Waals surface area (Å²) in [5.41, 5.74) is 2.28. The summed E-state index contributed by atoms with van der Waals surface area (Å²) in [6, 6.07) is 10.7. The number of hydrogen-bond donors (Lipinski definition) is 0. The predicted molar refractivity (Wildman–Crippen MR) is 128 cm³/mol. The van der Waals surface area contributed by atoms with Crippen molar-refractivity contribution in [1.82, 2.24) is 4.90 Å². The van der Waals surface area contributed by atoms with Gasteiger partial charge >= 0.3 is 6.18 Å². The average molecular weight is 498 g/mol. The second-order valence-corrected chi connectivity index (χ2v) is 10.5. The van der Waals surface area contributed by atoms with Gasteiger partial charge in [-0.1, -0.05) is 18.2 Å². The van der Waals surface area contributed by atoms with E-state index < -0.39 is 21.8 Å². The lowest BCUT2D eigenvalue weighted by Gasteiger charge is -2.36. The van der Waals surface area contributed by atoms with Crippen LogP contribution in [0, 0.1) is 13.8 Å². The van der Waals surface area contributed by atoms with Gasteiger partial charge < -0.3 is 9.80 Å². The molecule has 6 nitrogen and oxygen atoms in total. The zero-order valence-electron chi connectivity index (χ0n) is 19.6. The smallest absolute Gasteiger partial charge is 0.368 e. The largest absolute Gasteiger partial charge is 0.416 e. The fourth-order valence-electron chi connectivity index (χ4n) is 4.10. The highest BCUT2D eigenvalue weighted by molar-refractivity contribution is 7.92. The van der Waals surface area contributed by atoms with Gasteiger partial charge in [0.05, 0.1) is 17.5 Å². The van der Waals surface area contributed by atoms with Crippen LogP contribution in [-0.2, 0) is 21.0 Å².